The van der Waals surface area contributed by atoms with Gasteiger partial charge in [0.25, 0.3) is 5.91 Å². The van der Waals surface area contributed by atoms with Gasteiger partial charge in [-0.2, -0.15) is 5.10 Å². The van der Waals surface area contributed by atoms with Crippen LogP contribution in [0, 0.1) is 13.8 Å². The maximum atomic E-state index is 13.2. The summed E-state index contributed by atoms with van der Waals surface area (Å²) in [6.07, 6.45) is 3.92. The van der Waals surface area contributed by atoms with Crippen LogP contribution >= 0.6 is 45.9 Å². The number of hydrazine groups is 1. The number of amides is 1. The molecule has 4 heterocycles. The van der Waals surface area contributed by atoms with Gasteiger partial charge in [0, 0.05) is 39.2 Å². The summed E-state index contributed by atoms with van der Waals surface area (Å²) >= 11 is 16.3. The molecule has 2 aliphatic rings. The monoisotopic (exact) mass is 532 g/mol. The van der Waals surface area contributed by atoms with E-state index in [2.05, 4.69) is 36.8 Å². The molecule has 34 heavy (non-hydrogen) atoms. The fourth-order valence-electron chi connectivity index (χ4n) is 4.47. The Balaban J connectivity index is 1.48. The number of hydrazone groups is 1. The summed E-state index contributed by atoms with van der Waals surface area (Å²) in [4.78, 5) is 16.9. The zero-order chi connectivity index (χ0) is 23.8. The number of nitrogens with zero attached hydrogens (tertiary/aromatic N) is 3. The first-order valence-corrected chi connectivity index (χ1v) is 13.9. The number of anilines is 1. The van der Waals surface area contributed by atoms with Crippen molar-refractivity contribution < 1.29 is 4.79 Å². The molecule has 1 fully saturated rings. The highest BCUT2D eigenvalue weighted by Gasteiger charge is 2.35. The Bertz CT molecular complexity index is 1250. The number of halogens is 2. The van der Waals surface area contributed by atoms with Crippen molar-refractivity contribution >= 4 is 63.2 Å². The number of carbonyl (C=O) groups excluding carboxylic acids is 1. The van der Waals surface area contributed by atoms with Crippen LogP contribution in [-0.2, 0) is 4.79 Å². The largest absolute Gasteiger partial charge is 0.284 e. The van der Waals surface area contributed by atoms with E-state index in [1.165, 1.54) is 27.3 Å². The van der Waals surface area contributed by atoms with Gasteiger partial charge in [0.2, 0.25) is 0 Å². The Hall–Kier alpha value is -1.90. The van der Waals surface area contributed by atoms with Crippen LogP contribution in [-0.4, -0.2) is 29.7 Å². The minimum atomic E-state index is -0.137. The van der Waals surface area contributed by atoms with Crippen molar-refractivity contribution in [2.24, 2.45) is 5.10 Å². The van der Waals surface area contributed by atoms with Crippen molar-refractivity contribution in [3.05, 3.63) is 61.8 Å². The molecule has 3 aromatic rings. The highest BCUT2D eigenvalue weighted by molar-refractivity contribution is 7.21. The molecule has 178 valence electrons. The van der Waals surface area contributed by atoms with Crippen LogP contribution in [0.5, 0.6) is 0 Å². The van der Waals surface area contributed by atoms with Crippen molar-refractivity contribution in [3.63, 3.8) is 0 Å². The molecule has 1 unspecified atom stereocenters. The van der Waals surface area contributed by atoms with Crippen molar-refractivity contribution in [1.82, 2.24) is 10.4 Å². The standard InChI is InChI=1S/C25H26Cl2N4OS2/c1-15-8-11-33-23(15)24-16(2)12-22(34-24)21-14-19(25(32)29-30-9-4-3-5-10-30)28-31(21)20-7-6-17(26)13-18(20)27/h6-8,11-13,21H,3-5,9-10,14H2,1-2H3,(H,29,32). The van der Waals surface area contributed by atoms with Crippen molar-refractivity contribution in [3.8, 4) is 9.75 Å². The lowest BCUT2D eigenvalue weighted by Gasteiger charge is -2.26. The minimum absolute atomic E-state index is 0.113. The fourth-order valence-corrected chi connectivity index (χ4v) is 7.43. The average Bonchev–Trinajstić information content (AvgIpc) is 3.52. The number of benzene rings is 1. The Morgan fingerprint density at radius 2 is 1.85 bits per heavy atom. The van der Waals surface area contributed by atoms with Crippen LogP contribution < -0.4 is 10.4 Å². The Kier molecular flexibility index (Phi) is 7.00. The topological polar surface area (TPSA) is 47.9 Å². The summed E-state index contributed by atoms with van der Waals surface area (Å²) < 4.78 is 0. The SMILES string of the molecule is Cc1ccsc1-c1sc(C2CC(C(=O)NN3CCCCC3)=NN2c2ccc(Cl)cc2Cl)cc1C. The molecule has 2 aliphatic heterocycles. The van der Waals surface area contributed by atoms with Crippen LogP contribution in [0.1, 0.15) is 47.7 Å². The van der Waals surface area contributed by atoms with Gasteiger partial charge in [0.15, 0.2) is 0 Å². The van der Waals surface area contributed by atoms with Gasteiger partial charge in [0.05, 0.1) is 16.8 Å². The molecule has 1 aromatic carbocycles. The van der Waals surface area contributed by atoms with Gasteiger partial charge in [-0.1, -0.05) is 29.6 Å². The van der Waals surface area contributed by atoms with Gasteiger partial charge in [-0.3, -0.25) is 15.2 Å². The van der Waals surface area contributed by atoms with Gasteiger partial charge in [-0.25, -0.2) is 5.01 Å². The maximum Gasteiger partial charge on any atom is 0.281 e. The zero-order valence-corrected chi connectivity index (χ0v) is 22.3. The average molecular weight is 534 g/mol. The summed E-state index contributed by atoms with van der Waals surface area (Å²) in [7, 11) is 0. The van der Waals surface area contributed by atoms with E-state index < -0.39 is 0 Å². The second kappa shape index (κ2) is 9.99. The Labute approximate surface area is 218 Å². The third-order valence-corrected chi connectivity index (χ3v) is 9.34. The molecule has 5 nitrogen and oxygen atoms in total. The number of nitrogens with one attached hydrogen (secondary N) is 1. The van der Waals surface area contributed by atoms with E-state index >= 15 is 0 Å². The highest BCUT2D eigenvalue weighted by atomic mass is 35.5. The Morgan fingerprint density at radius 1 is 1.06 bits per heavy atom. The molecule has 1 saturated heterocycles. The lowest BCUT2D eigenvalue weighted by atomic mass is 10.1. The van der Waals surface area contributed by atoms with Gasteiger partial charge in [-0.15, -0.1) is 22.7 Å². The minimum Gasteiger partial charge on any atom is -0.284 e. The quantitative estimate of drug-likeness (QED) is 0.377. The summed E-state index contributed by atoms with van der Waals surface area (Å²) in [5.74, 6) is -0.137. The van der Waals surface area contributed by atoms with Gasteiger partial charge in [-0.05, 0) is 73.5 Å². The number of aryl methyl sites for hydroxylation is 2. The third kappa shape index (κ3) is 4.77. The van der Waals surface area contributed by atoms with Crippen molar-refractivity contribution in [2.75, 3.05) is 18.1 Å². The third-order valence-electron chi connectivity index (χ3n) is 6.28. The summed E-state index contributed by atoms with van der Waals surface area (Å²) in [5.41, 5.74) is 6.84. The smallest absolute Gasteiger partial charge is 0.281 e. The molecule has 1 N–H and O–H groups in total. The van der Waals surface area contributed by atoms with Crippen LogP contribution in [0.25, 0.3) is 9.75 Å². The normalized spacial score (nSPS) is 18.9. The first-order chi connectivity index (χ1) is 16.4. The molecule has 0 bridgehead atoms. The van der Waals surface area contributed by atoms with E-state index in [1.54, 1.807) is 34.8 Å². The zero-order valence-electron chi connectivity index (χ0n) is 19.1. The van der Waals surface area contributed by atoms with Gasteiger partial charge < -0.3 is 0 Å². The molecule has 0 saturated carbocycles. The van der Waals surface area contributed by atoms with E-state index in [9.17, 15) is 4.79 Å². The predicted molar refractivity (Wildman–Crippen MR) is 144 cm³/mol. The van der Waals surface area contributed by atoms with E-state index in [1.807, 2.05) is 16.1 Å². The molecule has 0 radical (unpaired) electrons. The second-order valence-electron chi connectivity index (χ2n) is 8.79. The lowest BCUT2D eigenvalue weighted by Crippen LogP contribution is -2.47. The number of hydrogen-bond donors (Lipinski definition) is 1. The van der Waals surface area contributed by atoms with Crippen LogP contribution in [0.15, 0.2) is 40.8 Å². The summed E-state index contributed by atoms with van der Waals surface area (Å²) in [5, 5.41) is 11.9. The molecule has 1 amide bonds. The van der Waals surface area contributed by atoms with Gasteiger partial charge in [0.1, 0.15) is 5.71 Å². The fraction of sp³-hybridized carbons (Fsp3) is 0.360. The molecule has 2 aromatic heterocycles. The Morgan fingerprint density at radius 3 is 2.56 bits per heavy atom. The van der Waals surface area contributed by atoms with E-state index in [-0.39, 0.29) is 11.9 Å². The lowest BCUT2D eigenvalue weighted by molar-refractivity contribution is -0.119. The van der Waals surface area contributed by atoms with E-state index in [0.717, 1.165) is 36.5 Å². The molecular formula is C25H26Cl2N4OS2. The van der Waals surface area contributed by atoms with Crippen LogP contribution in [0.3, 0.4) is 0 Å². The molecule has 9 heteroatoms. The molecule has 5 rings (SSSR count). The van der Waals surface area contributed by atoms with Crippen molar-refractivity contribution in [2.45, 2.75) is 45.6 Å². The van der Waals surface area contributed by atoms with Gasteiger partial charge >= 0.3 is 0 Å². The van der Waals surface area contributed by atoms with E-state index in [4.69, 9.17) is 28.3 Å². The molecule has 1 atom stereocenters. The first-order valence-electron chi connectivity index (χ1n) is 11.4. The number of hydrogen-bond acceptors (Lipinski definition) is 6. The number of thiophene rings is 2. The summed E-state index contributed by atoms with van der Waals surface area (Å²) in [6, 6.07) is 9.66. The first kappa shape index (κ1) is 23.8. The van der Waals surface area contributed by atoms with Crippen LogP contribution in [0.4, 0.5) is 5.69 Å². The summed E-state index contributed by atoms with van der Waals surface area (Å²) in [6.45, 7) is 6.05. The van der Waals surface area contributed by atoms with E-state index in [0.29, 0.717) is 22.2 Å². The predicted octanol–water partition coefficient (Wildman–Crippen LogP) is 7.22. The number of piperidine rings is 1. The van der Waals surface area contributed by atoms with Crippen molar-refractivity contribution in [1.29, 1.82) is 0 Å². The van der Waals surface area contributed by atoms with Crippen LogP contribution in [0.2, 0.25) is 10.0 Å². The molecular weight excluding hydrogens is 507 g/mol. The highest BCUT2D eigenvalue weighted by Crippen LogP contribution is 2.45. The molecule has 0 aliphatic carbocycles. The molecule has 0 spiro atoms. The number of carbonyl (C=O) groups is 1. The number of rotatable bonds is 5. The second-order valence-corrected chi connectivity index (χ2v) is 11.6. The maximum absolute atomic E-state index is 13.2.